The lowest BCUT2D eigenvalue weighted by Gasteiger charge is -2.23. The Labute approximate surface area is 75.7 Å². The van der Waals surface area contributed by atoms with E-state index >= 15 is 0 Å². The van der Waals surface area contributed by atoms with Crippen molar-refractivity contribution in [1.82, 2.24) is 0 Å². The van der Waals surface area contributed by atoms with Gasteiger partial charge in [0.15, 0.2) is 0 Å². The maximum absolute atomic E-state index is 3.74. The average molecular weight is 162 g/mol. The Balaban J connectivity index is 2.76. The van der Waals surface area contributed by atoms with Gasteiger partial charge in [-0.2, -0.15) is 0 Å². The zero-order valence-electron chi connectivity index (χ0n) is 8.14. The van der Waals surface area contributed by atoms with E-state index in [2.05, 4.69) is 32.6 Å². The minimum Gasteiger partial charge on any atom is -0.0991 e. The number of hydrogen-bond acceptors (Lipinski definition) is 0. The van der Waals surface area contributed by atoms with Gasteiger partial charge in [-0.3, -0.25) is 0 Å². The van der Waals surface area contributed by atoms with E-state index in [1.54, 1.807) is 0 Å². The Morgan fingerprint density at radius 2 is 2.17 bits per heavy atom. The first-order valence-electron chi connectivity index (χ1n) is 4.75. The van der Waals surface area contributed by atoms with Crippen molar-refractivity contribution in [2.45, 2.75) is 33.1 Å². The molecule has 0 spiro atoms. The zero-order valence-corrected chi connectivity index (χ0v) is 8.14. The van der Waals surface area contributed by atoms with E-state index < -0.39 is 0 Å². The zero-order chi connectivity index (χ0) is 8.97. The molecule has 0 radical (unpaired) electrons. The standard InChI is InChI=1S/C12H18/c1-4-6-12-8-7-10(3)9-11(12)5-2/h4-6,10H,1,7-9H2,2-3H3/b11-5-,12-6-/t10-/m0/s1. The predicted molar refractivity (Wildman–Crippen MR) is 55.1 cm³/mol. The van der Waals surface area contributed by atoms with Gasteiger partial charge in [-0.1, -0.05) is 31.7 Å². The lowest BCUT2D eigenvalue weighted by Crippen LogP contribution is -2.07. The first kappa shape index (κ1) is 9.31. The van der Waals surface area contributed by atoms with Crippen LogP contribution in [0.5, 0.6) is 0 Å². The van der Waals surface area contributed by atoms with Gasteiger partial charge in [0.05, 0.1) is 0 Å². The van der Waals surface area contributed by atoms with E-state index in [0.29, 0.717) is 0 Å². The van der Waals surface area contributed by atoms with Crippen molar-refractivity contribution < 1.29 is 0 Å². The Bertz CT molecular complexity index is 218. The molecule has 0 aromatic heterocycles. The molecule has 0 aromatic carbocycles. The normalized spacial score (nSPS) is 31.0. The number of rotatable bonds is 1. The molecule has 0 amide bonds. The van der Waals surface area contributed by atoms with E-state index in [9.17, 15) is 0 Å². The van der Waals surface area contributed by atoms with Gasteiger partial charge in [0, 0.05) is 0 Å². The molecule has 0 heteroatoms. The van der Waals surface area contributed by atoms with Gasteiger partial charge < -0.3 is 0 Å². The third-order valence-corrected chi connectivity index (χ3v) is 2.55. The Kier molecular flexibility index (Phi) is 3.33. The van der Waals surface area contributed by atoms with Crippen LogP contribution in [0.2, 0.25) is 0 Å². The SMILES string of the molecule is C=C/C=C1/CC[C@H](C)C/C1=C/C. The smallest absolute Gasteiger partial charge is 0.0253 e. The monoisotopic (exact) mass is 162 g/mol. The summed E-state index contributed by atoms with van der Waals surface area (Å²) >= 11 is 0. The highest BCUT2D eigenvalue weighted by Crippen LogP contribution is 2.32. The van der Waals surface area contributed by atoms with Crippen molar-refractivity contribution in [2.75, 3.05) is 0 Å². The van der Waals surface area contributed by atoms with Crippen molar-refractivity contribution in [2.24, 2.45) is 5.92 Å². The highest BCUT2D eigenvalue weighted by Gasteiger charge is 2.15. The second-order valence-electron chi connectivity index (χ2n) is 3.59. The third-order valence-electron chi connectivity index (χ3n) is 2.55. The van der Waals surface area contributed by atoms with Crippen LogP contribution in [0.25, 0.3) is 0 Å². The highest BCUT2D eigenvalue weighted by molar-refractivity contribution is 5.35. The molecule has 1 aliphatic rings. The topological polar surface area (TPSA) is 0 Å². The van der Waals surface area contributed by atoms with Gasteiger partial charge in [-0.15, -0.1) is 0 Å². The molecule has 0 aliphatic heterocycles. The minimum absolute atomic E-state index is 0.859. The molecule has 12 heavy (non-hydrogen) atoms. The summed E-state index contributed by atoms with van der Waals surface area (Å²) in [6.45, 7) is 8.20. The van der Waals surface area contributed by atoms with Crippen molar-refractivity contribution in [1.29, 1.82) is 0 Å². The third kappa shape index (κ3) is 2.10. The lowest BCUT2D eigenvalue weighted by molar-refractivity contribution is 0.497. The molecule has 1 saturated carbocycles. The quantitative estimate of drug-likeness (QED) is 0.549. The lowest BCUT2D eigenvalue weighted by atomic mass is 9.83. The molecule has 1 atom stereocenters. The van der Waals surface area contributed by atoms with E-state index in [-0.39, 0.29) is 0 Å². The van der Waals surface area contributed by atoms with Gasteiger partial charge in [0.2, 0.25) is 0 Å². The molecule has 0 unspecified atom stereocenters. The molecule has 0 bridgehead atoms. The molecular weight excluding hydrogens is 144 g/mol. The molecule has 1 rings (SSSR count). The van der Waals surface area contributed by atoms with Crippen LogP contribution < -0.4 is 0 Å². The molecule has 1 aliphatic carbocycles. The summed E-state index contributed by atoms with van der Waals surface area (Å²) in [5, 5.41) is 0. The van der Waals surface area contributed by atoms with Crippen molar-refractivity contribution in [3.8, 4) is 0 Å². The molecule has 1 fully saturated rings. The Morgan fingerprint density at radius 3 is 2.75 bits per heavy atom. The summed E-state index contributed by atoms with van der Waals surface area (Å²) in [6.07, 6.45) is 10.1. The summed E-state index contributed by atoms with van der Waals surface area (Å²) in [7, 11) is 0. The van der Waals surface area contributed by atoms with Crippen LogP contribution in [0.15, 0.2) is 36.0 Å². The van der Waals surface area contributed by atoms with Gasteiger partial charge in [-0.05, 0) is 43.3 Å². The molecule has 0 saturated heterocycles. The van der Waals surface area contributed by atoms with Gasteiger partial charge >= 0.3 is 0 Å². The molecule has 0 N–H and O–H groups in total. The second-order valence-corrected chi connectivity index (χ2v) is 3.59. The summed E-state index contributed by atoms with van der Waals surface area (Å²) in [4.78, 5) is 0. The van der Waals surface area contributed by atoms with E-state index in [4.69, 9.17) is 0 Å². The first-order valence-corrected chi connectivity index (χ1v) is 4.75. The fraction of sp³-hybridized carbons (Fsp3) is 0.500. The van der Waals surface area contributed by atoms with Gasteiger partial charge in [0.1, 0.15) is 0 Å². The summed E-state index contributed by atoms with van der Waals surface area (Å²) in [5.74, 6) is 0.859. The molecule has 66 valence electrons. The fourth-order valence-electron chi connectivity index (χ4n) is 1.81. The van der Waals surface area contributed by atoms with Crippen LogP contribution in [0.1, 0.15) is 33.1 Å². The highest BCUT2D eigenvalue weighted by atomic mass is 14.2. The van der Waals surface area contributed by atoms with Crippen LogP contribution in [-0.2, 0) is 0 Å². The molecule has 0 nitrogen and oxygen atoms in total. The van der Waals surface area contributed by atoms with Crippen LogP contribution in [0, 0.1) is 5.92 Å². The van der Waals surface area contributed by atoms with E-state index in [0.717, 1.165) is 5.92 Å². The van der Waals surface area contributed by atoms with Gasteiger partial charge in [0.25, 0.3) is 0 Å². The van der Waals surface area contributed by atoms with Crippen molar-refractivity contribution >= 4 is 0 Å². The fourth-order valence-corrected chi connectivity index (χ4v) is 1.81. The number of hydrogen-bond donors (Lipinski definition) is 0. The Hall–Kier alpha value is -0.780. The van der Waals surface area contributed by atoms with Gasteiger partial charge in [-0.25, -0.2) is 0 Å². The van der Waals surface area contributed by atoms with Crippen LogP contribution in [-0.4, -0.2) is 0 Å². The van der Waals surface area contributed by atoms with Crippen molar-refractivity contribution in [3.05, 3.63) is 36.0 Å². The van der Waals surface area contributed by atoms with E-state index in [1.807, 2.05) is 6.08 Å². The average Bonchev–Trinajstić information content (AvgIpc) is 2.08. The number of allylic oxidation sites excluding steroid dienone is 5. The summed E-state index contributed by atoms with van der Waals surface area (Å²) in [6, 6.07) is 0. The summed E-state index contributed by atoms with van der Waals surface area (Å²) < 4.78 is 0. The summed E-state index contributed by atoms with van der Waals surface area (Å²) in [5.41, 5.74) is 3.01. The second kappa shape index (κ2) is 4.30. The molecular formula is C12H18. The van der Waals surface area contributed by atoms with Crippen LogP contribution >= 0.6 is 0 Å². The predicted octanol–water partition coefficient (Wildman–Crippen LogP) is 3.87. The molecule has 0 heterocycles. The molecule has 0 aromatic rings. The Morgan fingerprint density at radius 1 is 1.42 bits per heavy atom. The minimum atomic E-state index is 0.859. The van der Waals surface area contributed by atoms with Crippen molar-refractivity contribution in [3.63, 3.8) is 0 Å². The largest absolute Gasteiger partial charge is 0.0991 e. The van der Waals surface area contributed by atoms with Crippen LogP contribution in [0.4, 0.5) is 0 Å². The maximum atomic E-state index is 3.74. The van der Waals surface area contributed by atoms with E-state index in [1.165, 1.54) is 30.4 Å². The maximum Gasteiger partial charge on any atom is -0.0253 e. The first-order chi connectivity index (χ1) is 5.77. The van der Waals surface area contributed by atoms with Crippen LogP contribution in [0.3, 0.4) is 0 Å².